The number of likely N-dealkylation sites (N-methyl/N-ethyl adjacent to an activating group) is 2. The van der Waals surface area contributed by atoms with E-state index in [1.807, 2.05) is 110 Å². The van der Waals surface area contributed by atoms with E-state index in [1.54, 1.807) is 24.3 Å². The SMILES string of the molecule is CN(CCCl)C[C@H](Nc1ccc(Cl)cc1Cl)c1ccc(Cl)cc1.CN1CCN(c2ccc(Cl)cc2Cl)[C@H](c2ccc(Cl)cc2)C1.Clc1ccc([C@@H]2CCCCN2c2ccc(Cl)cc2Cl)cc1.O[C@@H](CBr)c1ccc(Cl)cc1. The normalized spacial score (nSPS) is 16.3. The first-order chi connectivity index (χ1) is 36.9. The Balaban J connectivity index is 0.000000171. The molecule has 2 aliphatic heterocycles. The van der Waals surface area contributed by atoms with Crippen LogP contribution >= 0.6 is 144 Å². The van der Waals surface area contributed by atoms with Crippen LogP contribution in [0, 0.1) is 0 Å². The lowest BCUT2D eigenvalue weighted by Gasteiger charge is -2.42. The van der Waals surface area contributed by atoms with Gasteiger partial charge in [-0.3, -0.25) is 0 Å². The Hall–Kier alpha value is -2.51. The third-order valence-corrected chi connectivity index (χ3v) is 16.3. The molecule has 77 heavy (non-hydrogen) atoms. The maximum absolute atomic E-state index is 9.33. The van der Waals surface area contributed by atoms with Crippen LogP contribution in [0.5, 0.6) is 0 Å². The summed E-state index contributed by atoms with van der Waals surface area (Å²) in [5.74, 6) is 0.589. The maximum atomic E-state index is 9.33. The number of alkyl halides is 2. The maximum Gasteiger partial charge on any atom is 0.0886 e. The summed E-state index contributed by atoms with van der Waals surface area (Å²) in [6.07, 6.45) is 3.10. The predicted octanol–water partition coefficient (Wildman–Crippen LogP) is 20.3. The first-order valence-corrected chi connectivity index (χ1v) is 30.2. The van der Waals surface area contributed by atoms with Crippen molar-refractivity contribution in [2.75, 3.05) is 79.7 Å². The molecule has 4 atom stereocenters. The number of piperazine rings is 1. The van der Waals surface area contributed by atoms with Crippen LogP contribution in [-0.4, -0.2) is 79.5 Å². The fraction of sp³-hybridized carbons (Fsp3) is 0.288. The van der Waals surface area contributed by atoms with Crippen molar-refractivity contribution in [3.8, 4) is 0 Å². The monoisotopic (exact) mass is 1320 g/mol. The first-order valence-electron chi connectivity index (χ1n) is 24.8. The Morgan fingerprint density at radius 1 is 0.545 bits per heavy atom. The summed E-state index contributed by atoms with van der Waals surface area (Å²) in [5.41, 5.74) is 7.45. The molecule has 6 nitrogen and oxygen atoms in total. The fourth-order valence-electron chi connectivity index (χ4n) is 8.90. The number of nitrogens with one attached hydrogen (secondary N) is 1. The minimum atomic E-state index is -0.438. The van der Waals surface area contributed by atoms with E-state index < -0.39 is 6.10 Å². The summed E-state index contributed by atoms with van der Waals surface area (Å²) < 4.78 is 0. The number of benzene rings is 7. The molecule has 0 saturated carbocycles. The summed E-state index contributed by atoms with van der Waals surface area (Å²) in [6.45, 7) is 5.47. The number of rotatable bonds is 13. The number of anilines is 3. The topological polar surface area (TPSA) is 45.2 Å². The van der Waals surface area contributed by atoms with Crippen LogP contribution in [0.25, 0.3) is 0 Å². The Morgan fingerprint density at radius 2 is 0.987 bits per heavy atom. The van der Waals surface area contributed by atoms with Crippen LogP contribution < -0.4 is 15.1 Å². The number of halogens is 12. The highest BCUT2D eigenvalue weighted by molar-refractivity contribution is 9.09. The lowest BCUT2D eigenvalue weighted by Crippen LogP contribution is -2.47. The molecule has 7 aromatic carbocycles. The summed E-state index contributed by atoms with van der Waals surface area (Å²) in [7, 11) is 4.18. The quantitative estimate of drug-likeness (QED) is 0.112. The molecule has 2 aliphatic rings. The fourth-order valence-corrected chi connectivity index (χ4v) is 11.6. The molecule has 0 bridgehead atoms. The number of aliphatic hydroxyl groups excluding tert-OH is 1. The van der Waals surface area contributed by atoms with E-state index in [-0.39, 0.29) is 12.1 Å². The van der Waals surface area contributed by atoms with Gasteiger partial charge in [0.15, 0.2) is 0 Å². The van der Waals surface area contributed by atoms with Gasteiger partial charge in [0.05, 0.1) is 56.4 Å². The third kappa shape index (κ3) is 19.9. The minimum absolute atomic E-state index is 0.0548. The van der Waals surface area contributed by atoms with Gasteiger partial charge < -0.3 is 30.0 Å². The Bertz CT molecular complexity index is 2910. The second-order valence-corrected chi connectivity index (χ2v) is 23.8. The van der Waals surface area contributed by atoms with Crippen molar-refractivity contribution < 1.29 is 5.11 Å². The molecule has 0 amide bonds. The Kier molecular flexibility index (Phi) is 26.6. The van der Waals surface area contributed by atoms with Gasteiger partial charge in [-0.15, -0.1) is 11.6 Å². The van der Waals surface area contributed by atoms with Crippen molar-refractivity contribution in [2.24, 2.45) is 0 Å². The van der Waals surface area contributed by atoms with Crippen LogP contribution in [0.15, 0.2) is 152 Å². The molecule has 410 valence electrons. The molecule has 2 heterocycles. The standard InChI is InChI=1S/C17H18Cl4N2.C17H17Cl3N2.C17H16Cl3N.C8H8BrClO/c1-23(9-8-18)11-17(12-2-4-13(19)5-3-12)22-16-7-6-14(20)10-15(16)21;1-21-8-9-22(16-7-6-14(19)10-15(16)20)17(11-21)12-2-4-13(18)5-3-12;18-13-6-4-12(5-7-13)16-3-1-2-10-21(16)17-9-8-14(19)11-15(17)20;9-5-8(11)6-1-3-7(10)4-2-6/h2-7,10,17,22H,8-9,11H2,1H3;2-7,10,17H,8-9,11H2,1H3;4-9,11,16H,1-3,10H2;1-4,8,11H,5H2/t2*17-;16-;8-/m0000/s1. The number of aliphatic hydroxyl groups is 1. The molecule has 2 fully saturated rings. The third-order valence-electron chi connectivity index (χ3n) is 12.9. The largest absolute Gasteiger partial charge is 0.388 e. The first kappa shape index (κ1) is 63.7. The van der Waals surface area contributed by atoms with Crippen LogP contribution in [0.4, 0.5) is 17.1 Å². The Labute approximate surface area is 518 Å². The molecule has 18 heteroatoms. The van der Waals surface area contributed by atoms with Crippen LogP contribution in [0.1, 0.15) is 65.7 Å². The van der Waals surface area contributed by atoms with E-state index in [9.17, 15) is 5.11 Å². The van der Waals surface area contributed by atoms with Gasteiger partial charge in [-0.25, -0.2) is 0 Å². The van der Waals surface area contributed by atoms with Gasteiger partial charge >= 0.3 is 0 Å². The van der Waals surface area contributed by atoms with Gasteiger partial charge in [-0.1, -0.05) is 180 Å². The van der Waals surface area contributed by atoms with Gasteiger partial charge in [0.1, 0.15) is 0 Å². The smallest absolute Gasteiger partial charge is 0.0886 e. The van der Waals surface area contributed by atoms with E-state index >= 15 is 0 Å². The predicted molar refractivity (Wildman–Crippen MR) is 340 cm³/mol. The number of hydrogen-bond acceptors (Lipinski definition) is 6. The molecular weight excluding hydrogens is 1260 g/mol. The van der Waals surface area contributed by atoms with Crippen molar-refractivity contribution in [1.82, 2.24) is 9.80 Å². The van der Waals surface area contributed by atoms with Gasteiger partial charge in [0.25, 0.3) is 0 Å². The van der Waals surface area contributed by atoms with Crippen molar-refractivity contribution in [3.63, 3.8) is 0 Å². The summed E-state index contributed by atoms with van der Waals surface area (Å²) in [6, 6.07) is 48.6. The molecule has 0 unspecified atom stereocenters. The molecule has 9 rings (SSSR count). The molecule has 2 N–H and O–H groups in total. The molecule has 0 aromatic heterocycles. The number of hydrogen-bond donors (Lipinski definition) is 2. The van der Waals surface area contributed by atoms with Crippen molar-refractivity contribution in [3.05, 3.63) is 224 Å². The van der Waals surface area contributed by atoms with Gasteiger partial charge in [0.2, 0.25) is 0 Å². The molecule has 7 aromatic rings. The van der Waals surface area contributed by atoms with E-state index in [4.69, 9.17) is 128 Å². The average molecular weight is 1320 g/mol. The van der Waals surface area contributed by atoms with Gasteiger partial charge in [0, 0.05) is 85.6 Å². The average Bonchev–Trinajstić information content (AvgIpc) is 3.42. The van der Waals surface area contributed by atoms with Crippen molar-refractivity contribution in [1.29, 1.82) is 0 Å². The zero-order valence-electron chi connectivity index (χ0n) is 42.3. The second-order valence-electron chi connectivity index (χ2n) is 18.5. The molecule has 0 radical (unpaired) electrons. The summed E-state index contributed by atoms with van der Waals surface area (Å²) in [4.78, 5) is 9.23. The molecule has 2 saturated heterocycles. The highest BCUT2D eigenvalue weighted by Crippen LogP contribution is 2.40. The lowest BCUT2D eigenvalue weighted by molar-refractivity contribution is 0.205. The Morgan fingerprint density at radius 3 is 1.47 bits per heavy atom. The van der Waals surface area contributed by atoms with E-state index in [1.165, 1.54) is 24.0 Å². The zero-order chi connectivity index (χ0) is 55.6. The van der Waals surface area contributed by atoms with Gasteiger partial charge in [-0.05, 0) is 159 Å². The van der Waals surface area contributed by atoms with E-state index in [0.29, 0.717) is 57.4 Å². The van der Waals surface area contributed by atoms with Crippen LogP contribution in [0.2, 0.25) is 50.2 Å². The minimum Gasteiger partial charge on any atom is -0.388 e. The van der Waals surface area contributed by atoms with E-state index in [2.05, 4.69) is 72.2 Å². The highest BCUT2D eigenvalue weighted by Gasteiger charge is 2.29. The summed E-state index contributed by atoms with van der Waals surface area (Å²) >= 11 is 69.8. The van der Waals surface area contributed by atoms with E-state index in [0.717, 1.165) is 83.9 Å². The molecule has 0 aliphatic carbocycles. The number of nitrogens with zero attached hydrogens (tertiary/aromatic N) is 4. The second kappa shape index (κ2) is 32.2. The highest BCUT2D eigenvalue weighted by atomic mass is 79.9. The summed E-state index contributed by atoms with van der Waals surface area (Å²) in [5, 5.41) is 20.2. The lowest BCUT2D eigenvalue weighted by atomic mass is 9.94. The van der Waals surface area contributed by atoms with Crippen LogP contribution in [-0.2, 0) is 0 Å². The van der Waals surface area contributed by atoms with Crippen molar-refractivity contribution in [2.45, 2.75) is 43.5 Å². The molecule has 0 spiro atoms. The van der Waals surface area contributed by atoms with Gasteiger partial charge in [-0.2, -0.15) is 0 Å². The zero-order valence-corrected chi connectivity index (χ0v) is 52.2. The van der Waals surface area contributed by atoms with Crippen molar-refractivity contribution >= 4 is 161 Å². The number of piperidine rings is 1. The molecular formula is C59H59BrCl11N5O. The van der Waals surface area contributed by atoms with Crippen LogP contribution in [0.3, 0.4) is 0 Å².